The van der Waals surface area contributed by atoms with Crippen LogP contribution in [0.3, 0.4) is 0 Å². The number of hydrogen-bond donors (Lipinski definition) is 1. The van der Waals surface area contributed by atoms with Crippen LogP contribution in [0.4, 0.5) is 0 Å². The third kappa shape index (κ3) is 2.30. The van der Waals surface area contributed by atoms with E-state index in [0.717, 1.165) is 37.7 Å². The second-order valence-electron chi connectivity index (χ2n) is 12.0. The van der Waals surface area contributed by atoms with Gasteiger partial charge in [0.25, 0.3) is 0 Å². The zero-order valence-corrected chi connectivity index (χ0v) is 19.7. The minimum atomic E-state index is -0.301. The van der Waals surface area contributed by atoms with Crippen molar-refractivity contribution in [2.75, 3.05) is 0 Å². The van der Waals surface area contributed by atoms with E-state index >= 15 is 0 Å². The summed E-state index contributed by atoms with van der Waals surface area (Å²) in [5.74, 6) is 0.340. The average Bonchev–Trinajstić information content (AvgIpc) is 3.02. The van der Waals surface area contributed by atoms with E-state index in [0.29, 0.717) is 12.3 Å². The van der Waals surface area contributed by atoms with Gasteiger partial charge in [-0.3, -0.25) is 4.98 Å². The minimum absolute atomic E-state index is 0.00507. The Morgan fingerprint density at radius 3 is 2.52 bits per heavy atom. The zero-order valence-electron chi connectivity index (χ0n) is 19.7. The molecule has 5 rings (SSSR count). The molecule has 0 amide bonds. The van der Waals surface area contributed by atoms with Gasteiger partial charge in [-0.05, 0) is 83.3 Å². The molecule has 3 heteroatoms. The van der Waals surface area contributed by atoms with Crippen molar-refractivity contribution in [3.05, 3.63) is 47.8 Å². The molecule has 0 saturated heterocycles. The lowest BCUT2D eigenvalue weighted by Gasteiger charge is -2.71. The van der Waals surface area contributed by atoms with Gasteiger partial charge in [0.05, 0.1) is 12.2 Å². The van der Waals surface area contributed by atoms with Crippen LogP contribution in [0.2, 0.25) is 0 Å². The normalized spacial score (nSPS) is 48.5. The molecule has 1 aromatic heterocycles. The van der Waals surface area contributed by atoms with Gasteiger partial charge >= 0.3 is 0 Å². The molecule has 2 fully saturated rings. The van der Waals surface area contributed by atoms with Crippen LogP contribution in [0.1, 0.15) is 78.7 Å². The first-order valence-corrected chi connectivity index (χ1v) is 12.0. The van der Waals surface area contributed by atoms with Crippen molar-refractivity contribution in [1.29, 1.82) is 5.26 Å². The monoisotopic (exact) mass is 416 g/mol. The quantitative estimate of drug-likeness (QED) is 0.583. The zero-order chi connectivity index (χ0) is 22.3. The Morgan fingerprint density at radius 1 is 1.06 bits per heavy atom. The summed E-state index contributed by atoms with van der Waals surface area (Å²) < 4.78 is 0. The molecule has 7 atom stereocenters. The highest BCUT2D eigenvalue weighted by Crippen LogP contribution is 2.78. The number of pyridine rings is 1. The van der Waals surface area contributed by atoms with Gasteiger partial charge in [-0.1, -0.05) is 52.8 Å². The molecule has 4 aliphatic rings. The number of aliphatic hydroxyl groups is 1. The van der Waals surface area contributed by atoms with Gasteiger partial charge in [-0.25, -0.2) is 0 Å². The van der Waals surface area contributed by atoms with Crippen molar-refractivity contribution in [1.82, 2.24) is 4.98 Å². The largest absolute Gasteiger partial charge is 0.393 e. The Kier molecular flexibility index (Phi) is 4.27. The van der Waals surface area contributed by atoms with E-state index in [-0.39, 0.29) is 33.2 Å². The SMILES string of the molecule is C[C@]12CC[C@H](O)C[C@]1(C)C(C#N)=CC1[C@]2(C)CC[C@]2(C)C(c3cccnc3)=CC[C@@]12C. The Hall–Kier alpha value is -1.92. The van der Waals surface area contributed by atoms with Crippen LogP contribution in [-0.2, 0) is 0 Å². The molecule has 4 aliphatic carbocycles. The Bertz CT molecular complexity index is 1020. The summed E-state index contributed by atoms with van der Waals surface area (Å²) in [6.45, 7) is 12.1. The Balaban J connectivity index is 1.67. The molecule has 1 unspecified atom stereocenters. The third-order valence-corrected chi connectivity index (χ3v) is 11.2. The molecule has 3 nitrogen and oxygen atoms in total. The van der Waals surface area contributed by atoms with Crippen molar-refractivity contribution in [2.45, 2.75) is 79.2 Å². The molecular weight excluding hydrogens is 380 g/mol. The maximum absolute atomic E-state index is 10.6. The summed E-state index contributed by atoms with van der Waals surface area (Å²) in [6, 6.07) is 6.85. The second kappa shape index (κ2) is 6.32. The molecule has 0 aromatic carbocycles. The topological polar surface area (TPSA) is 56.9 Å². The van der Waals surface area contributed by atoms with Crippen molar-refractivity contribution in [3.63, 3.8) is 0 Å². The number of rotatable bonds is 1. The van der Waals surface area contributed by atoms with Gasteiger partial charge < -0.3 is 5.11 Å². The van der Waals surface area contributed by atoms with E-state index in [9.17, 15) is 10.4 Å². The molecule has 1 heterocycles. The van der Waals surface area contributed by atoms with Crippen molar-refractivity contribution in [3.8, 4) is 6.07 Å². The molecule has 164 valence electrons. The lowest BCUT2D eigenvalue weighted by atomic mass is 9.33. The van der Waals surface area contributed by atoms with Crippen LogP contribution < -0.4 is 0 Å². The molecule has 1 N–H and O–H groups in total. The molecule has 1 aromatic rings. The smallest absolute Gasteiger partial charge is 0.0949 e. The summed E-state index contributed by atoms with van der Waals surface area (Å²) in [6.07, 6.45) is 14.3. The number of allylic oxidation sites excluding steroid dienone is 4. The van der Waals surface area contributed by atoms with Crippen molar-refractivity contribution in [2.24, 2.45) is 33.0 Å². The van der Waals surface area contributed by atoms with Gasteiger partial charge in [-0.15, -0.1) is 0 Å². The van der Waals surface area contributed by atoms with Crippen LogP contribution >= 0.6 is 0 Å². The summed E-state index contributed by atoms with van der Waals surface area (Å²) in [5.41, 5.74) is 3.58. The Labute approximate surface area is 187 Å². The first-order chi connectivity index (χ1) is 14.6. The second-order valence-corrected chi connectivity index (χ2v) is 12.0. The molecular formula is C28H36N2O. The highest BCUT2D eigenvalue weighted by Gasteiger charge is 2.71. The van der Waals surface area contributed by atoms with E-state index < -0.39 is 0 Å². The highest BCUT2D eigenvalue weighted by atomic mass is 16.3. The third-order valence-electron chi connectivity index (χ3n) is 11.2. The molecule has 0 aliphatic heterocycles. The molecule has 2 saturated carbocycles. The van der Waals surface area contributed by atoms with Gasteiger partial charge in [-0.2, -0.15) is 5.26 Å². The fourth-order valence-electron chi connectivity index (χ4n) is 8.64. The van der Waals surface area contributed by atoms with Crippen LogP contribution in [0.5, 0.6) is 0 Å². The maximum atomic E-state index is 10.6. The van der Waals surface area contributed by atoms with E-state index in [1.807, 2.05) is 18.5 Å². The van der Waals surface area contributed by atoms with Crippen LogP contribution in [0.15, 0.2) is 42.3 Å². The van der Waals surface area contributed by atoms with Crippen molar-refractivity contribution < 1.29 is 5.11 Å². The van der Waals surface area contributed by atoms with E-state index in [1.54, 1.807) is 0 Å². The molecule has 0 spiro atoms. The summed E-state index contributed by atoms with van der Waals surface area (Å²) >= 11 is 0. The van der Waals surface area contributed by atoms with E-state index in [2.05, 4.69) is 63.9 Å². The molecule has 0 bridgehead atoms. The fourth-order valence-corrected chi connectivity index (χ4v) is 8.64. The number of aromatic nitrogens is 1. The predicted molar refractivity (Wildman–Crippen MR) is 124 cm³/mol. The van der Waals surface area contributed by atoms with Crippen LogP contribution in [0.25, 0.3) is 5.57 Å². The summed E-state index contributed by atoms with van der Waals surface area (Å²) in [5, 5.41) is 20.8. The number of nitrogens with zero attached hydrogens (tertiary/aromatic N) is 2. The van der Waals surface area contributed by atoms with Crippen LogP contribution in [0, 0.1) is 44.3 Å². The maximum Gasteiger partial charge on any atom is 0.0949 e. The minimum Gasteiger partial charge on any atom is -0.393 e. The number of aliphatic hydroxyl groups excluding tert-OH is 1. The fraction of sp³-hybridized carbons (Fsp3) is 0.643. The number of nitriles is 1. The number of fused-ring (bicyclic) bond motifs is 5. The lowest BCUT2D eigenvalue weighted by Crippen LogP contribution is -2.65. The summed E-state index contributed by atoms with van der Waals surface area (Å²) in [7, 11) is 0. The molecule has 31 heavy (non-hydrogen) atoms. The van der Waals surface area contributed by atoms with Gasteiger partial charge in [0.15, 0.2) is 0 Å². The van der Waals surface area contributed by atoms with Gasteiger partial charge in [0.2, 0.25) is 0 Å². The van der Waals surface area contributed by atoms with Crippen molar-refractivity contribution >= 4 is 5.57 Å². The lowest BCUT2D eigenvalue weighted by molar-refractivity contribution is -0.187. The molecule has 0 radical (unpaired) electrons. The predicted octanol–water partition coefficient (Wildman–Crippen LogP) is 6.32. The highest BCUT2D eigenvalue weighted by molar-refractivity contribution is 5.73. The van der Waals surface area contributed by atoms with E-state index in [1.165, 1.54) is 11.1 Å². The number of hydrogen-bond acceptors (Lipinski definition) is 3. The first-order valence-electron chi connectivity index (χ1n) is 12.0. The standard InChI is InChI=1S/C28H36N2O/c1-24-12-13-26(3)23(25(24,2)10-9-22(24)19-7-6-14-30-18-19)15-20(17-29)27(4)16-21(31)8-11-28(26,27)5/h6-7,9,14-15,18,21,23,31H,8,10-13,16H2,1-5H3/t21-,23?,24+,25-,26-,27+,28+/m0/s1. The van der Waals surface area contributed by atoms with Crippen LogP contribution in [-0.4, -0.2) is 16.2 Å². The first kappa shape index (κ1) is 21.0. The van der Waals surface area contributed by atoms with Gasteiger partial charge in [0.1, 0.15) is 0 Å². The average molecular weight is 417 g/mol. The van der Waals surface area contributed by atoms with E-state index in [4.69, 9.17) is 0 Å². The van der Waals surface area contributed by atoms with Gasteiger partial charge in [0, 0.05) is 23.4 Å². The summed E-state index contributed by atoms with van der Waals surface area (Å²) in [4.78, 5) is 4.40. The Morgan fingerprint density at radius 2 is 1.84 bits per heavy atom.